The highest BCUT2D eigenvalue weighted by Crippen LogP contribution is 2.33. The van der Waals surface area contributed by atoms with Crippen molar-refractivity contribution < 1.29 is 4.39 Å². The molecule has 1 atom stereocenters. The van der Waals surface area contributed by atoms with Crippen LogP contribution in [-0.4, -0.2) is 48.2 Å². The van der Waals surface area contributed by atoms with Gasteiger partial charge < -0.3 is 4.98 Å². The number of hydrogen-bond donors (Lipinski definition) is 1. The molecular formula is C19H24FN7. The van der Waals surface area contributed by atoms with Crippen molar-refractivity contribution >= 4 is 0 Å². The van der Waals surface area contributed by atoms with E-state index in [-0.39, 0.29) is 17.4 Å². The fraction of sp³-hybridized carbons (Fsp3) is 0.474. The fourth-order valence-electron chi connectivity index (χ4n) is 3.45. The summed E-state index contributed by atoms with van der Waals surface area (Å²) in [6, 6.07) is 6.68. The predicted octanol–water partition coefficient (Wildman–Crippen LogP) is 2.48. The van der Waals surface area contributed by atoms with E-state index in [1.54, 1.807) is 11.1 Å². The number of aromatic amines is 1. The number of nitrogens with one attached hydrogen (secondary N) is 1. The van der Waals surface area contributed by atoms with Crippen LogP contribution < -0.4 is 0 Å². The second kappa shape index (κ2) is 6.84. The minimum Gasteiger partial charge on any atom is -0.348 e. The number of halogens is 1. The molecule has 27 heavy (non-hydrogen) atoms. The maximum absolute atomic E-state index is 13.4. The Hall–Kier alpha value is -2.61. The molecule has 142 valence electrons. The predicted molar refractivity (Wildman–Crippen MR) is 98.6 cm³/mol. The molecule has 0 radical (unpaired) electrons. The van der Waals surface area contributed by atoms with Crippen molar-refractivity contribution in [3.63, 3.8) is 0 Å². The molecule has 1 aliphatic heterocycles. The number of aromatic nitrogens is 6. The molecule has 0 amide bonds. The average molecular weight is 369 g/mol. The van der Waals surface area contributed by atoms with Gasteiger partial charge in [0.2, 0.25) is 0 Å². The molecule has 4 rings (SSSR count). The molecule has 1 N–H and O–H groups in total. The Morgan fingerprint density at radius 1 is 1.22 bits per heavy atom. The van der Waals surface area contributed by atoms with Gasteiger partial charge in [0.1, 0.15) is 5.82 Å². The van der Waals surface area contributed by atoms with E-state index in [4.69, 9.17) is 0 Å². The first-order chi connectivity index (χ1) is 12.9. The molecule has 1 aromatic carbocycles. The van der Waals surface area contributed by atoms with E-state index in [9.17, 15) is 4.39 Å². The second-order valence-corrected chi connectivity index (χ2v) is 7.92. The van der Waals surface area contributed by atoms with Crippen LogP contribution in [0.4, 0.5) is 4.39 Å². The Kier molecular flexibility index (Phi) is 4.51. The van der Waals surface area contributed by atoms with Gasteiger partial charge in [-0.1, -0.05) is 12.1 Å². The number of benzene rings is 1. The number of imidazole rings is 1. The van der Waals surface area contributed by atoms with Gasteiger partial charge in [0.25, 0.3) is 0 Å². The maximum Gasteiger partial charge on any atom is 0.176 e. The quantitative estimate of drug-likeness (QED) is 0.765. The molecule has 2 aromatic heterocycles. The zero-order chi connectivity index (χ0) is 19.0. The number of tetrazole rings is 1. The summed E-state index contributed by atoms with van der Waals surface area (Å²) in [5, 5.41) is 12.9. The molecule has 3 aromatic rings. The molecule has 0 fully saturated rings. The van der Waals surface area contributed by atoms with Crippen molar-refractivity contribution in [1.29, 1.82) is 0 Å². The molecule has 0 spiro atoms. The van der Waals surface area contributed by atoms with E-state index in [2.05, 4.69) is 30.3 Å². The lowest BCUT2D eigenvalue weighted by molar-refractivity contribution is 0.210. The molecule has 8 heteroatoms. The van der Waals surface area contributed by atoms with Gasteiger partial charge in [-0.2, -0.15) is 4.80 Å². The van der Waals surface area contributed by atoms with Crippen LogP contribution in [0.15, 0.2) is 30.6 Å². The van der Waals surface area contributed by atoms with Crippen molar-refractivity contribution in [1.82, 2.24) is 35.1 Å². The van der Waals surface area contributed by atoms with Crippen molar-refractivity contribution in [3.8, 4) is 0 Å². The Balaban J connectivity index is 1.55. The van der Waals surface area contributed by atoms with Crippen LogP contribution in [0, 0.1) is 5.82 Å². The third-order valence-electron chi connectivity index (χ3n) is 4.89. The largest absolute Gasteiger partial charge is 0.348 e. The molecule has 7 nitrogen and oxygen atoms in total. The van der Waals surface area contributed by atoms with Crippen LogP contribution in [0.3, 0.4) is 0 Å². The minimum absolute atomic E-state index is 0.00161. The van der Waals surface area contributed by atoms with Crippen LogP contribution >= 0.6 is 0 Å². The minimum atomic E-state index is -0.230. The summed E-state index contributed by atoms with van der Waals surface area (Å²) >= 11 is 0. The first-order valence-electron chi connectivity index (χ1n) is 9.23. The monoisotopic (exact) mass is 369 g/mol. The first kappa shape index (κ1) is 17.8. The zero-order valence-electron chi connectivity index (χ0n) is 15.9. The average Bonchev–Trinajstić information content (AvgIpc) is 3.29. The van der Waals surface area contributed by atoms with Gasteiger partial charge in [0, 0.05) is 31.6 Å². The van der Waals surface area contributed by atoms with Gasteiger partial charge in [0.05, 0.1) is 23.6 Å². The lowest BCUT2D eigenvalue weighted by atomic mass is 9.95. The van der Waals surface area contributed by atoms with Gasteiger partial charge in [-0.25, -0.2) is 9.37 Å². The molecule has 1 aliphatic rings. The van der Waals surface area contributed by atoms with Gasteiger partial charge >= 0.3 is 0 Å². The molecule has 1 unspecified atom stereocenters. The summed E-state index contributed by atoms with van der Waals surface area (Å²) in [4.78, 5) is 11.8. The normalized spacial score (nSPS) is 17.9. The van der Waals surface area contributed by atoms with E-state index in [1.807, 2.05) is 32.9 Å². The molecule has 0 saturated heterocycles. The van der Waals surface area contributed by atoms with E-state index >= 15 is 0 Å². The fourth-order valence-corrected chi connectivity index (χ4v) is 3.45. The first-order valence-corrected chi connectivity index (χ1v) is 9.23. The number of fused-ring (bicyclic) bond motifs is 1. The Morgan fingerprint density at radius 2 is 2.00 bits per heavy atom. The topological polar surface area (TPSA) is 75.5 Å². The Morgan fingerprint density at radius 3 is 2.70 bits per heavy atom. The number of hydrogen-bond acceptors (Lipinski definition) is 5. The van der Waals surface area contributed by atoms with Gasteiger partial charge in [0.15, 0.2) is 5.82 Å². The van der Waals surface area contributed by atoms with Crippen LogP contribution in [-0.2, 0) is 18.4 Å². The smallest absolute Gasteiger partial charge is 0.176 e. The van der Waals surface area contributed by atoms with Gasteiger partial charge in [-0.05, 0) is 43.7 Å². The third kappa shape index (κ3) is 3.62. The number of H-pyrrole nitrogens is 1. The third-order valence-corrected chi connectivity index (χ3v) is 4.89. The van der Waals surface area contributed by atoms with E-state index in [0.29, 0.717) is 6.42 Å². The maximum atomic E-state index is 13.4. The van der Waals surface area contributed by atoms with Crippen molar-refractivity contribution in [2.45, 2.75) is 45.2 Å². The lowest BCUT2D eigenvalue weighted by Crippen LogP contribution is -2.37. The summed E-state index contributed by atoms with van der Waals surface area (Å²) in [6.45, 7) is 7.82. The highest BCUT2D eigenvalue weighted by atomic mass is 19.1. The van der Waals surface area contributed by atoms with Gasteiger partial charge in [-0.3, -0.25) is 4.90 Å². The summed E-state index contributed by atoms with van der Waals surface area (Å²) in [6.07, 6.45) is 3.35. The lowest BCUT2D eigenvalue weighted by Gasteiger charge is -2.35. The molecule has 0 aliphatic carbocycles. The molecule has 0 bridgehead atoms. The summed E-state index contributed by atoms with van der Waals surface area (Å²) in [5.41, 5.74) is 3.02. The second-order valence-electron chi connectivity index (χ2n) is 7.92. The standard InChI is InChI=1S/C19H24FN7/c1-19(2,3)27-24-16(23-25-27)9-11-26-10-8-15-17(22-12-21-15)18(26)13-4-6-14(20)7-5-13/h4-7,12,18H,8-11H2,1-3H3,(H,21,22). The van der Waals surface area contributed by atoms with E-state index in [0.717, 1.165) is 42.3 Å². The summed E-state index contributed by atoms with van der Waals surface area (Å²) < 4.78 is 13.4. The Labute approximate surface area is 157 Å². The van der Waals surface area contributed by atoms with Gasteiger partial charge in [-0.15, -0.1) is 10.2 Å². The van der Waals surface area contributed by atoms with Crippen LogP contribution in [0.25, 0.3) is 0 Å². The van der Waals surface area contributed by atoms with Crippen molar-refractivity contribution in [3.05, 3.63) is 59.2 Å². The summed E-state index contributed by atoms with van der Waals surface area (Å²) in [5.74, 6) is 0.502. The highest BCUT2D eigenvalue weighted by molar-refractivity contribution is 5.32. The highest BCUT2D eigenvalue weighted by Gasteiger charge is 2.31. The zero-order valence-corrected chi connectivity index (χ0v) is 15.9. The van der Waals surface area contributed by atoms with E-state index < -0.39 is 0 Å². The number of nitrogens with zero attached hydrogens (tertiary/aromatic N) is 6. The van der Waals surface area contributed by atoms with Crippen molar-refractivity contribution in [2.75, 3.05) is 13.1 Å². The molecule has 0 saturated carbocycles. The molecular weight excluding hydrogens is 345 g/mol. The van der Waals surface area contributed by atoms with Crippen molar-refractivity contribution in [2.24, 2.45) is 0 Å². The van der Waals surface area contributed by atoms with Crippen LogP contribution in [0.1, 0.15) is 49.6 Å². The SMILES string of the molecule is CC(C)(C)n1nnc(CCN2CCc3[nH]cnc3C2c2ccc(F)cc2)n1. The van der Waals surface area contributed by atoms with Crippen LogP contribution in [0.2, 0.25) is 0 Å². The molecule has 3 heterocycles. The summed E-state index contributed by atoms with van der Waals surface area (Å²) in [7, 11) is 0. The Bertz CT molecular complexity index is 907. The van der Waals surface area contributed by atoms with Crippen LogP contribution in [0.5, 0.6) is 0 Å². The number of rotatable bonds is 4. The van der Waals surface area contributed by atoms with E-state index in [1.165, 1.54) is 12.1 Å².